The molecule has 2 heterocycles. The van der Waals surface area contributed by atoms with E-state index in [1.807, 2.05) is 54.6 Å². The summed E-state index contributed by atoms with van der Waals surface area (Å²) in [6.07, 6.45) is 4.23. The van der Waals surface area contributed by atoms with Crippen molar-refractivity contribution < 1.29 is 63.6 Å². The van der Waals surface area contributed by atoms with Gasteiger partial charge in [-0.3, -0.25) is 0 Å². The van der Waals surface area contributed by atoms with Crippen LogP contribution in [-0.2, 0) is 32.0 Å². The molecule has 2 aromatic carbocycles. The van der Waals surface area contributed by atoms with Gasteiger partial charge in [-0.25, -0.2) is 4.79 Å². The fraction of sp³-hybridized carbons (Fsp3) is 0.407. The van der Waals surface area contributed by atoms with Crippen LogP contribution in [-0.4, -0.2) is 48.4 Å². The Hall–Kier alpha value is -2.52. The molecular weight excluding hydrogens is 473 g/mol. The first-order valence-corrected chi connectivity index (χ1v) is 11.4. The van der Waals surface area contributed by atoms with Crippen molar-refractivity contribution in [3.05, 3.63) is 77.6 Å². The van der Waals surface area contributed by atoms with Crippen LogP contribution in [0, 0.1) is 11.7 Å². The molecular formula is C27H31NNaO7-. The number of nitrogens with zero attached hydrogens (tertiary/aromatic N) is 1. The molecule has 8 nitrogen and oxygen atoms in total. The number of cyclic esters (lactones) is 1. The molecule has 188 valence electrons. The smallest absolute Gasteiger partial charge is 0.870 e. The molecule has 9 heteroatoms. The van der Waals surface area contributed by atoms with Crippen molar-refractivity contribution in [2.75, 3.05) is 20.2 Å². The summed E-state index contributed by atoms with van der Waals surface area (Å²) in [6, 6.07) is 17.4. The summed E-state index contributed by atoms with van der Waals surface area (Å²) in [7, 11) is 1.62. The van der Waals surface area contributed by atoms with Crippen LogP contribution in [0.4, 0.5) is 4.79 Å². The normalized spacial score (nSPS) is 17.8. The Bertz CT molecular complexity index is 1050. The fourth-order valence-corrected chi connectivity index (χ4v) is 4.41. The van der Waals surface area contributed by atoms with Gasteiger partial charge in [-0.1, -0.05) is 54.3 Å². The van der Waals surface area contributed by atoms with E-state index in [1.165, 1.54) is 0 Å². The van der Waals surface area contributed by atoms with Crippen LogP contribution in [0.1, 0.15) is 37.8 Å². The molecule has 0 atom stereocenters. The number of amides is 1. The molecule has 1 saturated heterocycles. The predicted molar refractivity (Wildman–Crippen MR) is 127 cm³/mol. The first kappa shape index (κ1) is 29.7. The maximum atomic E-state index is 13.0. The third-order valence-electron chi connectivity index (χ3n) is 6.36. The van der Waals surface area contributed by atoms with E-state index in [0.29, 0.717) is 37.9 Å². The van der Waals surface area contributed by atoms with Crippen molar-refractivity contribution in [3.8, 4) is 5.75 Å². The van der Waals surface area contributed by atoms with Crippen LogP contribution in [0.2, 0.25) is 0 Å². The predicted octanol–water partition coefficient (Wildman–Crippen LogP) is 1.48. The molecule has 36 heavy (non-hydrogen) atoms. The summed E-state index contributed by atoms with van der Waals surface area (Å²) in [4.78, 5) is 27.3. The molecule has 2 aliphatic heterocycles. The van der Waals surface area contributed by atoms with Crippen LogP contribution >= 0.6 is 0 Å². The van der Waals surface area contributed by atoms with Crippen molar-refractivity contribution >= 4 is 12.1 Å². The van der Waals surface area contributed by atoms with Crippen molar-refractivity contribution in [1.29, 1.82) is 0 Å². The van der Waals surface area contributed by atoms with E-state index >= 15 is 0 Å². The minimum atomic E-state index is -1.05. The van der Waals surface area contributed by atoms with E-state index in [2.05, 4.69) is 6.26 Å². The van der Waals surface area contributed by atoms with Crippen molar-refractivity contribution in [1.82, 2.24) is 4.90 Å². The minimum Gasteiger partial charge on any atom is -0.870 e. The third-order valence-corrected chi connectivity index (χ3v) is 6.36. The summed E-state index contributed by atoms with van der Waals surface area (Å²) >= 11 is 0. The Morgan fingerprint density at radius 3 is 2.25 bits per heavy atom. The van der Waals surface area contributed by atoms with Gasteiger partial charge in [0.1, 0.15) is 12.4 Å². The molecule has 1 amide bonds. The number of carbonyl (C=O) groups excluding carboxylic acids is 2. The molecule has 0 aromatic heterocycles. The van der Waals surface area contributed by atoms with E-state index < -0.39 is 17.2 Å². The van der Waals surface area contributed by atoms with Crippen molar-refractivity contribution in [2.45, 2.75) is 45.5 Å². The number of carbonyl (C=O) groups is 2. The Morgan fingerprint density at radius 2 is 1.67 bits per heavy atom. The molecule has 2 aliphatic rings. The Labute approximate surface area is 234 Å². The Kier molecular flexibility index (Phi) is 10.4. The van der Waals surface area contributed by atoms with Gasteiger partial charge in [-0.05, 0) is 47.9 Å². The molecule has 1 N–H and O–H groups in total. The van der Waals surface area contributed by atoms with Crippen LogP contribution in [0.25, 0.3) is 0 Å². The summed E-state index contributed by atoms with van der Waals surface area (Å²) in [5, 5.41) is 0. The van der Waals surface area contributed by atoms with Gasteiger partial charge < -0.3 is 34.1 Å². The quantitative estimate of drug-likeness (QED) is 0.333. The largest absolute Gasteiger partial charge is 1.00 e. The van der Waals surface area contributed by atoms with Crippen molar-refractivity contribution in [2.24, 2.45) is 5.41 Å². The Morgan fingerprint density at radius 1 is 1.03 bits per heavy atom. The van der Waals surface area contributed by atoms with Gasteiger partial charge in [0, 0.05) is 26.9 Å². The van der Waals surface area contributed by atoms with Crippen LogP contribution in [0.5, 0.6) is 5.75 Å². The van der Waals surface area contributed by atoms with E-state index in [-0.39, 0.29) is 47.7 Å². The molecule has 0 radical (unpaired) electrons. The number of hydrogen-bond donors (Lipinski definition) is 0. The van der Waals surface area contributed by atoms with Crippen molar-refractivity contribution in [3.63, 3.8) is 0 Å². The second kappa shape index (κ2) is 12.6. The molecule has 0 unspecified atom stereocenters. The summed E-state index contributed by atoms with van der Waals surface area (Å²) in [5.41, 5.74) is 1.80. The van der Waals surface area contributed by atoms with E-state index in [9.17, 15) is 9.59 Å². The standard InChI is InChI=1S/C27H30NO6.Na.H2O/c1-26(2)33-19-23(24(29)34-26)27(17-20-9-11-22(31-3)12-10-20)13-15-28(16-14-27)25(30)32-18-21-7-5-4-6-8-21;;/h4-12H,13-18H2,1-3H3;;1H2/q-1;+1;/p-1. The third kappa shape index (κ3) is 7.03. The molecule has 0 aliphatic carbocycles. The van der Waals surface area contributed by atoms with Gasteiger partial charge in [0.05, 0.1) is 7.11 Å². The monoisotopic (exact) mass is 504 g/mol. The van der Waals surface area contributed by atoms with Gasteiger partial charge >= 0.3 is 35.7 Å². The summed E-state index contributed by atoms with van der Waals surface area (Å²) < 4.78 is 21.9. The number of likely N-dealkylation sites (tertiary alicyclic amines) is 1. The second-order valence-corrected chi connectivity index (χ2v) is 9.20. The topological polar surface area (TPSA) is 104 Å². The van der Waals surface area contributed by atoms with Gasteiger partial charge in [0.2, 0.25) is 5.79 Å². The van der Waals surface area contributed by atoms with Gasteiger partial charge in [-0.15, -0.1) is 0 Å². The molecule has 4 rings (SSSR count). The number of rotatable bonds is 6. The number of ether oxygens (including phenoxy) is 4. The molecule has 0 spiro atoms. The summed E-state index contributed by atoms with van der Waals surface area (Å²) in [5.74, 6) is -0.712. The second-order valence-electron chi connectivity index (χ2n) is 9.20. The summed E-state index contributed by atoms with van der Waals surface area (Å²) in [6.45, 7) is 4.48. The maximum absolute atomic E-state index is 13.0. The first-order valence-electron chi connectivity index (χ1n) is 11.4. The zero-order valence-corrected chi connectivity index (χ0v) is 23.3. The zero-order chi connectivity index (χ0) is 24.2. The molecule has 2 aromatic rings. The average molecular weight is 505 g/mol. The first-order chi connectivity index (χ1) is 16.3. The Balaban J connectivity index is 0.00000228. The molecule has 1 fully saturated rings. The zero-order valence-electron chi connectivity index (χ0n) is 21.3. The number of esters is 1. The van der Waals surface area contributed by atoms with Gasteiger partial charge in [0.15, 0.2) is 5.97 Å². The average Bonchev–Trinajstić information content (AvgIpc) is 2.83. The number of piperidine rings is 1. The maximum Gasteiger partial charge on any atom is 1.00 e. The number of benzene rings is 2. The molecule has 0 bridgehead atoms. The van der Waals surface area contributed by atoms with E-state index in [0.717, 1.165) is 16.9 Å². The van der Waals surface area contributed by atoms with Gasteiger partial charge in [-0.2, -0.15) is 0 Å². The van der Waals surface area contributed by atoms with Gasteiger partial charge in [0.25, 0.3) is 0 Å². The van der Waals surface area contributed by atoms with E-state index in [1.54, 1.807) is 25.9 Å². The van der Waals surface area contributed by atoms with Crippen LogP contribution in [0.15, 0.2) is 60.2 Å². The fourth-order valence-electron chi connectivity index (χ4n) is 4.41. The SMILES string of the molecule is COc1ccc(CC2(C3=[C-]OC(C)(C)OC3=O)CCN(C(=O)OCc3ccccc3)CC2)cc1.[Na+].[OH-]. The number of methoxy groups -OCH3 is 1. The van der Waals surface area contributed by atoms with Crippen LogP contribution < -0.4 is 34.3 Å². The van der Waals surface area contributed by atoms with Crippen LogP contribution in [0.3, 0.4) is 0 Å². The number of hydrogen-bond acceptors (Lipinski definition) is 7. The van der Waals surface area contributed by atoms with E-state index in [4.69, 9.17) is 18.9 Å². The minimum absolute atomic E-state index is 0. The molecule has 0 saturated carbocycles.